The van der Waals surface area contributed by atoms with Crippen molar-refractivity contribution in [1.29, 1.82) is 0 Å². The molecule has 0 spiro atoms. The lowest BCUT2D eigenvalue weighted by Gasteiger charge is -2.09. The van der Waals surface area contributed by atoms with Crippen molar-refractivity contribution in [3.05, 3.63) is 84.8 Å². The van der Waals surface area contributed by atoms with E-state index in [4.69, 9.17) is 5.73 Å². The topological polar surface area (TPSA) is 55.1 Å². The van der Waals surface area contributed by atoms with Crippen molar-refractivity contribution in [2.24, 2.45) is 5.73 Å². The minimum Gasteiger partial charge on any atom is -0.388 e. The average molecular weight is 588 g/mol. The highest BCUT2D eigenvalue weighted by molar-refractivity contribution is 14.1. The molecule has 26 heavy (non-hydrogen) atoms. The van der Waals surface area contributed by atoms with Gasteiger partial charge in [-0.2, -0.15) is 0 Å². The SMILES string of the molecule is CNc1cc(Br)ccc1-c1ccccc1.NC(=O)c1cc(Br)ccc1I. The standard InChI is InChI=1S/C13H12BrN.C7H5BrINO/c1-15-13-9-11(14)7-8-12(13)10-5-3-2-4-6-10;8-4-1-2-6(9)5(3-4)7(10)11/h2-9,15H,1H3;1-3H,(H2,10,11). The van der Waals surface area contributed by atoms with Gasteiger partial charge in [-0.15, -0.1) is 0 Å². The van der Waals surface area contributed by atoms with Crippen LogP contribution in [0.5, 0.6) is 0 Å². The normalized spacial score (nSPS) is 9.85. The number of nitrogens with one attached hydrogen (secondary N) is 1. The van der Waals surface area contributed by atoms with E-state index in [1.165, 1.54) is 11.1 Å². The zero-order valence-corrected chi connectivity index (χ0v) is 19.3. The molecule has 3 aromatic rings. The molecule has 6 heteroatoms. The number of hydrogen-bond acceptors (Lipinski definition) is 2. The van der Waals surface area contributed by atoms with E-state index in [-0.39, 0.29) is 0 Å². The quantitative estimate of drug-likeness (QED) is 0.353. The Labute approximate surface area is 183 Å². The third-order valence-corrected chi connectivity index (χ3v) is 5.46. The Morgan fingerprint density at radius 1 is 0.962 bits per heavy atom. The van der Waals surface area contributed by atoms with Gasteiger partial charge in [-0.05, 0) is 58.5 Å². The molecule has 0 saturated heterocycles. The summed E-state index contributed by atoms with van der Waals surface area (Å²) in [5.74, 6) is -0.393. The molecule has 0 aliphatic heterocycles. The van der Waals surface area contributed by atoms with Gasteiger partial charge in [0.15, 0.2) is 0 Å². The first-order valence-electron chi connectivity index (χ1n) is 7.70. The average Bonchev–Trinajstić information content (AvgIpc) is 2.64. The van der Waals surface area contributed by atoms with Crippen LogP contribution in [0.3, 0.4) is 0 Å². The Kier molecular flexibility index (Phi) is 8.12. The maximum atomic E-state index is 10.8. The molecule has 3 rings (SSSR count). The third-order valence-electron chi connectivity index (χ3n) is 3.53. The first-order chi connectivity index (χ1) is 12.4. The second-order valence-corrected chi connectivity index (χ2v) is 8.29. The second-order valence-electron chi connectivity index (χ2n) is 5.29. The van der Waals surface area contributed by atoms with Crippen molar-refractivity contribution in [3.8, 4) is 11.1 Å². The number of amides is 1. The summed E-state index contributed by atoms with van der Waals surface area (Å²) in [6.07, 6.45) is 0. The van der Waals surface area contributed by atoms with Gasteiger partial charge in [0, 0.05) is 30.8 Å². The van der Waals surface area contributed by atoms with Gasteiger partial charge in [-0.25, -0.2) is 0 Å². The minimum absolute atomic E-state index is 0.393. The summed E-state index contributed by atoms with van der Waals surface area (Å²) in [5.41, 5.74) is 9.26. The van der Waals surface area contributed by atoms with Crippen molar-refractivity contribution in [2.75, 3.05) is 12.4 Å². The fourth-order valence-electron chi connectivity index (χ4n) is 2.28. The monoisotopic (exact) mass is 586 g/mol. The highest BCUT2D eigenvalue weighted by Crippen LogP contribution is 2.30. The Morgan fingerprint density at radius 2 is 1.58 bits per heavy atom. The van der Waals surface area contributed by atoms with Crippen LogP contribution in [0.1, 0.15) is 10.4 Å². The van der Waals surface area contributed by atoms with E-state index >= 15 is 0 Å². The third kappa shape index (κ3) is 5.82. The van der Waals surface area contributed by atoms with Crippen LogP contribution in [0.2, 0.25) is 0 Å². The number of nitrogens with two attached hydrogens (primary N) is 1. The molecule has 0 radical (unpaired) electrons. The summed E-state index contributed by atoms with van der Waals surface area (Å²) in [6.45, 7) is 0. The van der Waals surface area contributed by atoms with Crippen molar-refractivity contribution in [1.82, 2.24) is 0 Å². The molecular weight excluding hydrogens is 571 g/mol. The number of primary amides is 1. The fraction of sp³-hybridized carbons (Fsp3) is 0.0500. The van der Waals surface area contributed by atoms with Gasteiger partial charge in [0.25, 0.3) is 0 Å². The van der Waals surface area contributed by atoms with E-state index in [0.29, 0.717) is 5.56 Å². The van der Waals surface area contributed by atoms with Crippen LogP contribution in [-0.2, 0) is 0 Å². The molecule has 3 nitrogen and oxygen atoms in total. The summed E-state index contributed by atoms with van der Waals surface area (Å²) >= 11 is 8.79. The van der Waals surface area contributed by atoms with Crippen molar-refractivity contribution >= 4 is 66.0 Å². The van der Waals surface area contributed by atoms with Gasteiger partial charge in [0.05, 0.1) is 5.56 Å². The van der Waals surface area contributed by atoms with E-state index in [0.717, 1.165) is 18.2 Å². The number of hydrogen-bond donors (Lipinski definition) is 2. The first-order valence-corrected chi connectivity index (χ1v) is 10.4. The number of carbonyl (C=O) groups excluding carboxylic acids is 1. The largest absolute Gasteiger partial charge is 0.388 e. The molecule has 0 aromatic heterocycles. The Bertz CT molecular complexity index is 902. The molecule has 0 heterocycles. The van der Waals surface area contributed by atoms with Crippen LogP contribution >= 0.6 is 54.5 Å². The molecule has 1 amide bonds. The zero-order chi connectivity index (χ0) is 19.1. The van der Waals surface area contributed by atoms with Crippen LogP contribution in [0.25, 0.3) is 11.1 Å². The zero-order valence-electron chi connectivity index (χ0n) is 14.0. The van der Waals surface area contributed by atoms with Gasteiger partial charge >= 0.3 is 0 Å². The van der Waals surface area contributed by atoms with Crippen molar-refractivity contribution < 1.29 is 4.79 Å². The smallest absolute Gasteiger partial charge is 0.249 e. The van der Waals surface area contributed by atoms with Gasteiger partial charge in [-0.1, -0.05) is 68.3 Å². The molecule has 0 unspecified atom stereocenters. The maximum Gasteiger partial charge on any atom is 0.249 e. The van der Waals surface area contributed by atoms with Crippen LogP contribution in [0, 0.1) is 3.57 Å². The molecule has 0 fully saturated rings. The predicted octanol–water partition coefficient (Wildman–Crippen LogP) is 6.31. The predicted molar refractivity (Wildman–Crippen MR) is 125 cm³/mol. The van der Waals surface area contributed by atoms with Gasteiger partial charge in [0.1, 0.15) is 0 Å². The Morgan fingerprint density at radius 3 is 2.15 bits per heavy atom. The molecule has 3 aromatic carbocycles. The molecule has 134 valence electrons. The van der Waals surface area contributed by atoms with Gasteiger partial charge < -0.3 is 11.1 Å². The summed E-state index contributed by atoms with van der Waals surface area (Å²) in [4.78, 5) is 10.8. The van der Waals surface area contributed by atoms with Crippen LogP contribution in [-0.4, -0.2) is 13.0 Å². The van der Waals surface area contributed by atoms with Crippen molar-refractivity contribution in [3.63, 3.8) is 0 Å². The van der Waals surface area contributed by atoms with E-state index < -0.39 is 5.91 Å². The highest BCUT2D eigenvalue weighted by atomic mass is 127. The van der Waals surface area contributed by atoms with Crippen molar-refractivity contribution in [2.45, 2.75) is 0 Å². The van der Waals surface area contributed by atoms with E-state index in [1.807, 2.05) is 25.2 Å². The van der Waals surface area contributed by atoms with Gasteiger partial charge in [0.2, 0.25) is 5.91 Å². The summed E-state index contributed by atoms with van der Waals surface area (Å²) in [7, 11) is 1.94. The molecular formula is C20H17Br2IN2O. The van der Waals surface area contributed by atoms with Crippen LogP contribution < -0.4 is 11.1 Å². The van der Waals surface area contributed by atoms with Crippen LogP contribution in [0.15, 0.2) is 75.7 Å². The summed E-state index contributed by atoms with van der Waals surface area (Å²) < 4.78 is 2.83. The minimum atomic E-state index is -0.393. The molecule has 0 bridgehead atoms. The fourth-order valence-corrected chi connectivity index (χ4v) is 3.60. The number of rotatable bonds is 3. The molecule has 0 atom stereocenters. The summed E-state index contributed by atoms with van der Waals surface area (Å²) in [5, 5.41) is 3.20. The molecule has 0 saturated carbocycles. The Balaban J connectivity index is 0.000000197. The molecule has 0 aliphatic carbocycles. The molecule has 3 N–H and O–H groups in total. The maximum absolute atomic E-state index is 10.8. The highest BCUT2D eigenvalue weighted by Gasteiger charge is 2.05. The number of benzene rings is 3. The van der Waals surface area contributed by atoms with Gasteiger partial charge in [-0.3, -0.25) is 4.79 Å². The number of anilines is 1. The lowest BCUT2D eigenvalue weighted by Crippen LogP contribution is -2.12. The van der Waals surface area contributed by atoms with E-state index in [2.05, 4.69) is 102 Å². The summed E-state index contributed by atoms with van der Waals surface area (Å²) in [6, 6.07) is 22.0. The molecule has 0 aliphatic rings. The van der Waals surface area contributed by atoms with E-state index in [9.17, 15) is 4.79 Å². The van der Waals surface area contributed by atoms with E-state index in [1.54, 1.807) is 6.07 Å². The lowest BCUT2D eigenvalue weighted by atomic mass is 10.0. The number of halogens is 3. The number of carbonyl (C=O) groups is 1. The first kappa shape index (κ1) is 20.9. The second kappa shape index (κ2) is 10.1. The van der Waals surface area contributed by atoms with Crippen LogP contribution in [0.4, 0.5) is 5.69 Å². The lowest BCUT2D eigenvalue weighted by molar-refractivity contribution is 0.0999. The Hall–Kier alpha value is -1.38.